The molecule has 0 fully saturated rings. The summed E-state index contributed by atoms with van der Waals surface area (Å²) in [6, 6.07) is 11.5. The first-order valence-electron chi connectivity index (χ1n) is 8.18. The summed E-state index contributed by atoms with van der Waals surface area (Å²) in [6.07, 6.45) is -4.38. The van der Waals surface area contributed by atoms with Crippen LogP contribution in [0.15, 0.2) is 53.3 Å². The van der Waals surface area contributed by atoms with E-state index < -0.39 is 11.7 Å². The minimum absolute atomic E-state index is 0.244. The summed E-state index contributed by atoms with van der Waals surface area (Å²) in [5.74, 6) is 0.438. The minimum Gasteiger partial charge on any atom is -0.309 e. The van der Waals surface area contributed by atoms with Crippen molar-refractivity contribution in [3.8, 4) is 0 Å². The number of nitrogens with one attached hydrogen (secondary N) is 2. The molecule has 2 atom stereocenters. The quantitative estimate of drug-likeness (QED) is 0.726. The SMILES string of the molecule is C[C@H](N[C@H](C)c1nc2ccccc2c(=O)[nH]1)c1cccc(C(F)(F)F)c1. The van der Waals surface area contributed by atoms with Crippen LogP contribution in [-0.2, 0) is 6.18 Å². The number of hydrogen-bond acceptors (Lipinski definition) is 3. The average molecular weight is 361 g/mol. The molecule has 2 N–H and O–H groups in total. The van der Waals surface area contributed by atoms with Crippen LogP contribution < -0.4 is 10.9 Å². The Labute approximate surface area is 148 Å². The Morgan fingerprint density at radius 1 is 1.04 bits per heavy atom. The van der Waals surface area contributed by atoms with E-state index in [1.165, 1.54) is 6.07 Å². The van der Waals surface area contributed by atoms with Crippen molar-refractivity contribution in [3.05, 3.63) is 75.8 Å². The molecule has 0 radical (unpaired) electrons. The summed E-state index contributed by atoms with van der Waals surface area (Å²) in [7, 11) is 0. The van der Waals surface area contributed by atoms with Crippen LogP contribution in [0.3, 0.4) is 0 Å². The van der Waals surface area contributed by atoms with E-state index in [2.05, 4.69) is 15.3 Å². The summed E-state index contributed by atoms with van der Waals surface area (Å²) in [4.78, 5) is 19.3. The van der Waals surface area contributed by atoms with E-state index in [4.69, 9.17) is 0 Å². The molecular weight excluding hydrogens is 343 g/mol. The molecule has 0 aliphatic carbocycles. The Morgan fingerprint density at radius 2 is 1.77 bits per heavy atom. The zero-order chi connectivity index (χ0) is 18.9. The summed E-state index contributed by atoms with van der Waals surface area (Å²) >= 11 is 0. The third-order valence-corrected chi connectivity index (χ3v) is 4.26. The molecule has 26 heavy (non-hydrogen) atoms. The number of aromatic amines is 1. The lowest BCUT2D eigenvalue weighted by molar-refractivity contribution is -0.137. The molecule has 0 bridgehead atoms. The Hall–Kier alpha value is -2.67. The van der Waals surface area contributed by atoms with Crippen molar-refractivity contribution >= 4 is 10.9 Å². The number of aromatic nitrogens is 2. The fourth-order valence-electron chi connectivity index (χ4n) is 2.84. The minimum atomic E-state index is -4.38. The topological polar surface area (TPSA) is 57.8 Å². The zero-order valence-corrected chi connectivity index (χ0v) is 14.3. The molecule has 4 nitrogen and oxygen atoms in total. The molecule has 3 rings (SSSR count). The Bertz CT molecular complexity index is 981. The van der Waals surface area contributed by atoms with Gasteiger partial charge in [-0.2, -0.15) is 13.2 Å². The molecule has 0 aliphatic heterocycles. The van der Waals surface area contributed by atoms with E-state index in [1.807, 2.05) is 0 Å². The maximum absolute atomic E-state index is 12.9. The highest BCUT2D eigenvalue weighted by Crippen LogP contribution is 2.31. The standard InChI is InChI=1S/C19H18F3N3O/c1-11(13-6-5-7-14(10-13)19(20,21)22)23-12(2)17-24-16-9-4-3-8-15(16)18(26)25-17/h3-12,23H,1-2H3,(H,24,25,26)/t11-,12+/m0/s1. The molecule has 0 saturated carbocycles. The number of rotatable bonds is 4. The molecule has 2 aromatic carbocycles. The molecule has 136 valence electrons. The molecule has 0 saturated heterocycles. The third kappa shape index (κ3) is 3.77. The van der Waals surface area contributed by atoms with Crippen LogP contribution in [-0.4, -0.2) is 9.97 Å². The zero-order valence-electron chi connectivity index (χ0n) is 14.3. The normalized spacial score (nSPS) is 14.3. The molecule has 1 aromatic heterocycles. The van der Waals surface area contributed by atoms with Crippen LogP contribution in [0, 0.1) is 0 Å². The number of nitrogens with zero attached hydrogens (tertiary/aromatic N) is 1. The van der Waals surface area contributed by atoms with Crippen molar-refractivity contribution in [1.29, 1.82) is 0 Å². The number of hydrogen-bond donors (Lipinski definition) is 2. The lowest BCUT2D eigenvalue weighted by atomic mass is 10.0. The fraction of sp³-hybridized carbons (Fsp3) is 0.263. The number of para-hydroxylation sites is 1. The number of benzene rings is 2. The molecule has 0 aliphatic rings. The lowest BCUT2D eigenvalue weighted by Gasteiger charge is -2.21. The molecule has 0 amide bonds. The largest absolute Gasteiger partial charge is 0.416 e. The molecule has 0 unspecified atom stereocenters. The third-order valence-electron chi connectivity index (χ3n) is 4.26. The number of halogens is 3. The van der Waals surface area contributed by atoms with Crippen LogP contribution in [0.1, 0.15) is 42.9 Å². The molecule has 3 aromatic rings. The summed E-state index contributed by atoms with van der Waals surface area (Å²) in [5.41, 5.74) is 0.154. The van der Waals surface area contributed by atoms with Gasteiger partial charge in [0.25, 0.3) is 5.56 Å². The van der Waals surface area contributed by atoms with Crippen molar-refractivity contribution in [2.24, 2.45) is 0 Å². The highest BCUT2D eigenvalue weighted by Gasteiger charge is 2.30. The van der Waals surface area contributed by atoms with E-state index in [0.29, 0.717) is 22.3 Å². The first-order valence-corrected chi connectivity index (χ1v) is 8.18. The van der Waals surface area contributed by atoms with E-state index in [0.717, 1.165) is 12.1 Å². The van der Waals surface area contributed by atoms with Gasteiger partial charge in [-0.3, -0.25) is 4.79 Å². The molecule has 7 heteroatoms. The van der Waals surface area contributed by atoms with Gasteiger partial charge in [0, 0.05) is 6.04 Å². The van der Waals surface area contributed by atoms with Crippen LogP contribution in [0.4, 0.5) is 13.2 Å². The van der Waals surface area contributed by atoms with Gasteiger partial charge in [-0.25, -0.2) is 4.98 Å². The number of alkyl halides is 3. The monoisotopic (exact) mass is 361 g/mol. The number of H-pyrrole nitrogens is 1. The van der Waals surface area contributed by atoms with E-state index >= 15 is 0 Å². The first-order chi connectivity index (χ1) is 12.3. The summed E-state index contributed by atoms with van der Waals surface area (Å²) in [5, 5.41) is 3.68. The first kappa shape index (κ1) is 18.1. The van der Waals surface area contributed by atoms with Crippen LogP contribution in [0.25, 0.3) is 10.9 Å². The van der Waals surface area contributed by atoms with Crippen molar-refractivity contribution in [2.45, 2.75) is 32.1 Å². The van der Waals surface area contributed by atoms with Gasteiger partial charge >= 0.3 is 6.18 Å². The Balaban J connectivity index is 1.84. The predicted molar refractivity (Wildman–Crippen MR) is 93.8 cm³/mol. The van der Waals surface area contributed by atoms with Crippen molar-refractivity contribution in [2.75, 3.05) is 0 Å². The molecular formula is C19H18F3N3O. The summed E-state index contributed by atoms with van der Waals surface area (Å²) in [6.45, 7) is 3.57. The van der Waals surface area contributed by atoms with Gasteiger partial charge in [0.15, 0.2) is 0 Å². The van der Waals surface area contributed by atoms with Gasteiger partial charge < -0.3 is 10.3 Å². The van der Waals surface area contributed by atoms with Crippen molar-refractivity contribution < 1.29 is 13.2 Å². The van der Waals surface area contributed by atoms with Crippen molar-refractivity contribution in [1.82, 2.24) is 15.3 Å². The van der Waals surface area contributed by atoms with E-state index in [-0.39, 0.29) is 17.6 Å². The molecule has 0 spiro atoms. The second-order valence-electron chi connectivity index (χ2n) is 6.20. The van der Waals surface area contributed by atoms with Crippen molar-refractivity contribution in [3.63, 3.8) is 0 Å². The Kier molecular flexibility index (Phi) is 4.82. The van der Waals surface area contributed by atoms with E-state index in [9.17, 15) is 18.0 Å². The van der Waals surface area contributed by atoms with E-state index in [1.54, 1.807) is 44.2 Å². The average Bonchev–Trinajstić information content (AvgIpc) is 2.61. The van der Waals surface area contributed by atoms with Gasteiger partial charge in [-0.05, 0) is 43.7 Å². The van der Waals surface area contributed by atoms with Gasteiger partial charge in [0.2, 0.25) is 0 Å². The van der Waals surface area contributed by atoms with Crippen LogP contribution in [0.2, 0.25) is 0 Å². The fourth-order valence-corrected chi connectivity index (χ4v) is 2.84. The van der Waals surface area contributed by atoms with Gasteiger partial charge in [-0.1, -0.05) is 24.3 Å². The lowest BCUT2D eigenvalue weighted by Crippen LogP contribution is -2.26. The number of fused-ring (bicyclic) bond motifs is 1. The maximum Gasteiger partial charge on any atom is 0.416 e. The second-order valence-corrected chi connectivity index (χ2v) is 6.20. The van der Waals surface area contributed by atoms with Gasteiger partial charge in [0.05, 0.1) is 22.5 Å². The predicted octanol–water partition coefficient (Wildman–Crippen LogP) is 4.35. The maximum atomic E-state index is 12.9. The van der Waals surface area contributed by atoms with Crippen LogP contribution >= 0.6 is 0 Å². The Morgan fingerprint density at radius 3 is 2.50 bits per heavy atom. The van der Waals surface area contributed by atoms with Gasteiger partial charge in [-0.15, -0.1) is 0 Å². The molecule has 1 heterocycles. The van der Waals surface area contributed by atoms with Crippen LogP contribution in [0.5, 0.6) is 0 Å². The summed E-state index contributed by atoms with van der Waals surface area (Å²) < 4.78 is 38.6. The smallest absolute Gasteiger partial charge is 0.309 e. The highest BCUT2D eigenvalue weighted by molar-refractivity contribution is 5.77. The second kappa shape index (κ2) is 6.92. The van der Waals surface area contributed by atoms with Gasteiger partial charge in [0.1, 0.15) is 5.82 Å². The highest BCUT2D eigenvalue weighted by atomic mass is 19.4.